The molecule has 0 spiro atoms. The molecule has 0 aliphatic heterocycles. The molecule has 1 amide bonds. The second-order valence-electron chi connectivity index (χ2n) is 3.14. The molecule has 1 rings (SSSR count). The monoisotopic (exact) mass is 230 g/mol. The van der Waals surface area contributed by atoms with E-state index in [0.29, 0.717) is 13.1 Å². The van der Waals surface area contributed by atoms with Crippen molar-refractivity contribution in [1.29, 1.82) is 0 Å². The van der Waals surface area contributed by atoms with Gasteiger partial charge in [-0.2, -0.15) is 0 Å². The second-order valence-corrected chi connectivity index (χ2v) is 3.58. The minimum atomic E-state index is -0.614. The maximum absolute atomic E-state index is 13.3. The molecule has 82 valence electrons. The molecule has 0 radical (unpaired) electrons. The van der Waals surface area contributed by atoms with E-state index in [2.05, 4.69) is 0 Å². The maximum Gasteiger partial charge on any atom is 0.256 e. The summed E-state index contributed by atoms with van der Waals surface area (Å²) in [5, 5.41) is 0.269. The van der Waals surface area contributed by atoms with Crippen LogP contribution in [0.4, 0.5) is 4.39 Å². The lowest BCUT2D eigenvalue weighted by Gasteiger charge is -2.16. The van der Waals surface area contributed by atoms with Crippen molar-refractivity contribution in [2.75, 3.05) is 20.1 Å². The van der Waals surface area contributed by atoms with Crippen molar-refractivity contribution in [3.8, 4) is 0 Å². The number of hydrogen-bond acceptors (Lipinski definition) is 2. The summed E-state index contributed by atoms with van der Waals surface area (Å²) in [5.74, 6) is -1.01. The summed E-state index contributed by atoms with van der Waals surface area (Å²) in [4.78, 5) is 13.0. The molecule has 0 bridgehead atoms. The third-order valence-electron chi connectivity index (χ3n) is 1.97. The van der Waals surface area contributed by atoms with Gasteiger partial charge in [0, 0.05) is 25.2 Å². The first-order chi connectivity index (χ1) is 7.06. The molecule has 0 saturated carbocycles. The van der Waals surface area contributed by atoms with E-state index in [4.69, 9.17) is 17.3 Å². The molecule has 0 saturated heterocycles. The van der Waals surface area contributed by atoms with Gasteiger partial charge in [0.1, 0.15) is 5.82 Å². The van der Waals surface area contributed by atoms with Gasteiger partial charge in [0.15, 0.2) is 0 Å². The van der Waals surface area contributed by atoms with Crippen LogP contribution in [0.1, 0.15) is 10.4 Å². The summed E-state index contributed by atoms with van der Waals surface area (Å²) >= 11 is 5.58. The van der Waals surface area contributed by atoms with E-state index >= 15 is 0 Å². The lowest BCUT2D eigenvalue weighted by Crippen LogP contribution is -2.32. The fourth-order valence-electron chi connectivity index (χ4n) is 1.16. The van der Waals surface area contributed by atoms with Crippen molar-refractivity contribution >= 4 is 17.5 Å². The average molecular weight is 231 g/mol. The van der Waals surface area contributed by atoms with Crippen LogP contribution in [0.2, 0.25) is 5.02 Å². The molecule has 3 nitrogen and oxygen atoms in total. The summed E-state index contributed by atoms with van der Waals surface area (Å²) in [7, 11) is 1.57. The van der Waals surface area contributed by atoms with E-state index < -0.39 is 11.7 Å². The number of amides is 1. The van der Waals surface area contributed by atoms with E-state index in [1.807, 2.05) is 0 Å². The largest absolute Gasteiger partial charge is 0.340 e. The van der Waals surface area contributed by atoms with Crippen molar-refractivity contribution in [3.63, 3.8) is 0 Å². The molecule has 0 fully saturated rings. The molecule has 0 heterocycles. The minimum absolute atomic E-state index is 0.00958. The lowest BCUT2D eigenvalue weighted by molar-refractivity contribution is 0.0794. The van der Waals surface area contributed by atoms with E-state index in [9.17, 15) is 9.18 Å². The van der Waals surface area contributed by atoms with Gasteiger partial charge in [-0.1, -0.05) is 11.6 Å². The van der Waals surface area contributed by atoms with Gasteiger partial charge in [-0.25, -0.2) is 4.39 Å². The van der Waals surface area contributed by atoms with Crippen LogP contribution in [0.5, 0.6) is 0 Å². The van der Waals surface area contributed by atoms with Gasteiger partial charge in [0.05, 0.1) is 5.56 Å². The number of rotatable bonds is 3. The van der Waals surface area contributed by atoms with Crippen molar-refractivity contribution in [2.45, 2.75) is 0 Å². The molecule has 0 atom stereocenters. The predicted octanol–water partition coefficient (Wildman–Crippen LogP) is 1.51. The van der Waals surface area contributed by atoms with Gasteiger partial charge >= 0.3 is 0 Å². The lowest BCUT2D eigenvalue weighted by atomic mass is 10.2. The highest BCUT2D eigenvalue weighted by Crippen LogP contribution is 2.15. The molecule has 2 N–H and O–H groups in total. The summed E-state index contributed by atoms with van der Waals surface area (Å²) in [6.07, 6.45) is 0. The smallest absolute Gasteiger partial charge is 0.256 e. The molecule has 0 aliphatic rings. The van der Waals surface area contributed by atoms with Crippen molar-refractivity contribution in [1.82, 2.24) is 4.90 Å². The summed E-state index contributed by atoms with van der Waals surface area (Å²) in [6, 6.07) is 3.96. The van der Waals surface area contributed by atoms with Gasteiger partial charge < -0.3 is 10.6 Å². The SMILES string of the molecule is CN(CCN)C(=O)c1ccc(Cl)cc1F. The van der Waals surface area contributed by atoms with Crippen LogP contribution in [0, 0.1) is 5.82 Å². The quantitative estimate of drug-likeness (QED) is 0.856. The Hall–Kier alpha value is -1.13. The Morgan fingerprint density at radius 3 is 2.80 bits per heavy atom. The van der Waals surface area contributed by atoms with Gasteiger partial charge in [0.2, 0.25) is 0 Å². The average Bonchev–Trinajstić information content (AvgIpc) is 2.17. The number of likely N-dealkylation sites (N-methyl/N-ethyl adjacent to an activating group) is 1. The first-order valence-electron chi connectivity index (χ1n) is 4.47. The Labute approximate surface area is 92.6 Å². The van der Waals surface area contributed by atoms with Gasteiger partial charge in [-0.3, -0.25) is 4.79 Å². The van der Waals surface area contributed by atoms with Crippen LogP contribution >= 0.6 is 11.6 Å². The number of benzene rings is 1. The topological polar surface area (TPSA) is 46.3 Å². The van der Waals surface area contributed by atoms with Crippen molar-refractivity contribution in [3.05, 3.63) is 34.6 Å². The normalized spacial score (nSPS) is 10.1. The van der Waals surface area contributed by atoms with Crippen LogP contribution in [0.3, 0.4) is 0 Å². The molecule has 5 heteroatoms. The summed E-state index contributed by atoms with van der Waals surface area (Å²) in [6.45, 7) is 0.734. The van der Waals surface area contributed by atoms with E-state index in [1.165, 1.54) is 17.0 Å². The molecule has 0 aliphatic carbocycles. The number of hydrogen-bond donors (Lipinski definition) is 1. The predicted molar refractivity (Wildman–Crippen MR) is 57.4 cm³/mol. The fourth-order valence-corrected chi connectivity index (χ4v) is 1.32. The van der Waals surface area contributed by atoms with Crippen LogP contribution in [-0.4, -0.2) is 30.9 Å². The third-order valence-corrected chi connectivity index (χ3v) is 2.21. The van der Waals surface area contributed by atoms with Crippen LogP contribution in [-0.2, 0) is 0 Å². The highest BCUT2D eigenvalue weighted by atomic mass is 35.5. The van der Waals surface area contributed by atoms with Gasteiger partial charge in [-0.15, -0.1) is 0 Å². The molecule has 0 unspecified atom stereocenters. The molecular weight excluding hydrogens is 219 g/mol. The zero-order chi connectivity index (χ0) is 11.4. The highest BCUT2D eigenvalue weighted by Gasteiger charge is 2.15. The fraction of sp³-hybridized carbons (Fsp3) is 0.300. The summed E-state index contributed by atoms with van der Waals surface area (Å²) < 4.78 is 13.3. The van der Waals surface area contributed by atoms with Gasteiger partial charge in [0.25, 0.3) is 5.91 Å². The second kappa shape index (κ2) is 5.09. The zero-order valence-electron chi connectivity index (χ0n) is 8.34. The van der Waals surface area contributed by atoms with Crippen LogP contribution < -0.4 is 5.73 Å². The number of carbonyl (C=O) groups excluding carboxylic acids is 1. The maximum atomic E-state index is 13.3. The number of carbonyl (C=O) groups is 1. The van der Waals surface area contributed by atoms with E-state index in [1.54, 1.807) is 7.05 Å². The highest BCUT2D eigenvalue weighted by molar-refractivity contribution is 6.30. The number of halogens is 2. The molecule has 15 heavy (non-hydrogen) atoms. The van der Waals surface area contributed by atoms with E-state index in [0.717, 1.165) is 6.07 Å². The van der Waals surface area contributed by atoms with E-state index in [-0.39, 0.29) is 10.6 Å². The first kappa shape index (κ1) is 11.9. The molecule has 0 aromatic heterocycles. The van der Waals surface area contributed by atoms with Crippen molar-refractivity contribution in [2.24, 2.45) is 5.73 Å². The first-order valence-corrected chi connectivity index (χ1v) is 4.84. The molecule has 1 aromatic carbocycles. The molecule has 1 aromatic rings. The summed E-state index contributed by atoms with van der Waals surface area (Å²) in [5.41, 5.74) is 5.31. The molecular formula is C10H12ClFN2O. The Balaban J connectivity index is 2.91. The van der Waals surface area contributed by atoms with Crippen LogP contribution in [0.25, 0.3) is 0 Å². The minimum Gasteiger partial charge on any atom is -0.340 e. The van der Waals surface area contributed by atoms with Gasteiger partial charge in [-0.05, 0) is 18.2 Å². The number of nitrogens with two attached hydrogens (primary N) is 1. The number of nitrogens with zero attached hydrogens (tertiary/aromatic N) is 1. The Kier molecular flexibility index (Phi) is 4.05. The Morgan fingerprint density at radius 1 is 1.60 bits per heavy atom. The van der Waals surface area contributed by atoms with Crippen LogP contribution in [0.15, 0.2) is 18.2 Å². The van der Waals surface area contributed by atoms with Crippen molar-refractivity contribution < 1.29 is 9.18 Å². The zero-order valence-corrected chi connectivity index (χ0v) is 9.09. The standard InChI is InChI=1S/C10H12ClFN2O/c1-14(5-4-13)10(15)8-3-2-7(11)6-9(8)12/h2-3,6H,4-5,13H2,1H3. The Bertz CT molecular complexity index is 370. The Morgan fingerprint density at radius 2 is 2.27 bits per heavy atom. The third kappa shape index (κ3) is 2.91.